The van der Waals surface area contributed by atoms with Crippen molar-refractivity contribution < 1.29 is 42.9 Å². The number of hydrogen-bond acceptors (Lipinski definition) is 11. The largest absolute Gasteiger partial charge is 0.463 e. The molecule has 1 saturated heterocycles. The maximum Gasteiger partial charge on any atom is 0.303 e. The Hall–Kier alpha value is -3.18. The molecule has 3 rings (SSSR count). The molecule has 1 aliphatic rings. The lowest BCUT2D eigenvalue weighted by atomic mass is 9.99. The highest BCUT2D eigenvalue weighted by molar-refractivity contribution is 8.00. The lowest BCUT2D eigenvalue weighted by molar-refractivity contribution is -0.237. The minimum absolute atomic E-state index is 0.275. The molecule has 0 saturated carbocycles. The highest BCUT2D eigenvalue weighted by atomic mass is 32.2. The summed E-state index contributed by atoms with van der Waals surface area (Å²) < 4.78 is 27.6. The first-order valence-corrected chi connectivity index (χ1v) is 11.3. The van der Waals surface area contributed by atoms with Crippen LogP contribution in [-0.4, -0.2) is 65.3 Å². The highest BCUT2D eigenvalue weighted by Gasteiger charge is 2.52. The van der Waals surface area contributed by atoms with Gasteiger partial charge in [0, 0.05) is 44.2 Å². The van der Waals surface area contributed by atoms with Crippen LogP contribution in [0.4, 0.5) is 0 Å². The predicted molar refractivity (Wildman–Crippen MR) is 120 cm³/mol. The summed E-state index contributed by atoms with van der Waals surface area (Å²) >= 11 is 1.20. The van der Waals surface area contributed by atoms with Crippen LogP contribution in [0.5, 0.6) is 0 Å². The van der Waals surface area contributed by atoms with Crippen molar-refractivity contribution in [2.45, 2.75) is 62.4 Å². The van der Waals surface area contributed by atoms with Gasteiger partial charge >= 0.3 is 23.9 Å². The molecule has 10 nitrogen and oxygen atoms in total. The molecule has 2 heterocycles. The molecule has 11 heteroatoms. The number of rotatable bonds is 7. The molecule has 1 aliphatic heterocycles. The molecule has 1 aromatic carbocycles. The van der Waals surface area contributed by atoms with Gasteiger partial charge in [-0.3, -0.25) is 24.2 Å². The number of carbonyl (C=O) groups is 4. The fourth-order valence-electron chi connectivity index (χ4n) is 3.58. The minimum atomic E-state index is -1.21. The maximum absolute atomic E-state index is 12.0. The van der Waals surface area contributed by atoms with Gasteiger partial charge in [-0.05, 0) is 12.1 Å². The molecule has 2 aromatic rings. The standard InChI is InChI=1S/C23H25NO9S/c1-12(25)29-11-17-20(30-13(2)26)21(31-14(3)27)22(32-15(4)28)23(33-17)34-18-9-5-7-16-8-6-10-24-19(16)18/h5-10,17,20-23H,11H2,1-4H3/t17-,20+,21+,22+,23+/m1/s1. The average Bonchev–Trinajstić information content (AvgIpc) is 2.75. The second kappa shape index (κ2) is 11.3. The summed E-state index contributed by atoms with van der Waals surface area (Å²) in [5.41, 5.74) is -0.212. The summed E-state index contributed by atoms with van der Waals surface area (Å²) in [6, 6.07) is 9.29. The van der Waals surface area contributed by atoms with E-state index in [0.29, 0.717) is 5.52 Å². The van der Waals surface area contributed by atoms with Gasteiger partial charge in [0.05, 0.1) is 5.52 Å². The fourth-order valence-corrected chi connectivity index (χ4v) is 4.81. The van der Waals surface area contributed by atoms with Gasteiger partial charge in [0.1, 0.15) is 18.1 Å². The predicted octanol–water partition coefficient (Wildman–Crippen LogP) is 2.41. The average molecular weight is 492 g/mol. The Labute approximate surface area is 200 Å². The summed E-state index contributed by atoms with van der Waals surface area (Å²) in [5.74, 6) is -2.57. The molecule has 0 aliphatic carbocycles. The lowest BCUT2D eigenvalue weighted by Crippen LogP contribution is -2.61. The van der Waals surface area contributed by atoms with E-state index in [2.05, 4.69) is 4.98 Å². The van der Waals surface area contributed by atoms with E-state index in [1.54, 1.807) is 6.20 Å². The number of nitrogens with zero attached hydrogens (tertiary/aromatic N) is 1. The third-order valence-corrected chi connectivity index (χ3v) is 5.98. The number of esters is 4. The monoisotopic (exact) mass is 491 g/mol. The minimum Gasteiger partial charge on any atom is -0.463 e. The Morgan fingerprint density at radius 2 is 1.47 bits per heavy atom. The third kappa shape index (κ3) is 6.45. The second-order valence-corrected chi connectivity index (χ2v) is 8.66. The van der Waals surface area contributed by atoms with Crippen molar-refractivity contribution in [1.82, 2.24) is 4.98 Å². The van der Waals surface area contributed by atoms with Gasteiger partial charge in [-0.25, -0.2) is 0 Å². The molecular weight excluding hydrogens is 466 g/mol. The first-order chi connectivity index (χ1) is 16.2. The SMILES string of the molecule is CC(=O)OC[C@H]1O[C@@H](Sc2cccc3cccnc23)[C@@H](OC(C)=O)[C@@H](OC(C)=O)[C@H]1OC(C)=O. The molecule has 0 bridgehead atoms. The van der Waals surface area contributed by atoms with Crippen molar-refractivity contribution in [2.24, 2.45) is 0 Å². The van der Waals surface area contributed by atoms with E-state index in [-0.39, 0.29) is 6.61 Å². The van der Waals surface area contributed by atoms with Crippen LogP contribution >= 0.6 is 11.8 Å². The number of para-hydroxylation sites is 1. The number of pyridine rings is 1. The number of benzene rings is 1. The van der Waals surface area contributed by atoms with Crippen LogP contribution in [-0.2, 0) is 42.9 Å². The van der Waals surface area contributed by atoms with E-state index in [0.717, 1.165) is 10.3 Å². The van der Waals surface area contributed by atoms with Gasteiger partial charge in [0.25, 0.3) is 0 Å². The van der Waals surface area contributed by atoms with Crippen LogP contribution < -0.4 is 0 Å². The molecule has 0 spiro atoms. The highest BCUT2D eigenvalue weighted by Crippen LogP contribution is 2.39. The van der Waals surface area contributed by atoms with Crippen molar-refractivity contribution in [3.8, 4) is 0 Å². The van der Waals surface area contributed by atoms with Gasteiger partial charge in [-0.1, -0.05) is 30.0 Å². The Morgan fingerprint density at radius 3 is 2.12 bits per heavy atom. The van der Waals surface area contributed by atoms with Gasteiger partial charge in [-0.15, -0.1) is 0 Å². The van der Waals surface area contributed by atoms with Crippen LogP contribution in [0.25, 0.3) is 10.9 Å². The van der Waals surface area contributed by atoms with Crippen molar-refractivity contribution in [2.75, 3.05) is 6.61 Å². The molecule has 182 valence electrons. The lowest BCUT2D eigenvalue weighted by Gasteiger charge is -2.44. The Kier molecular flexibility index (Phi) is 8.46. The molecule has 0 radical (unpaired) electrons. The van der Waals surface area contributed by atoms with Crippen molar-refractivity contribution in [1.29, 1.82) is 0 Å². The molecule has 1 fully saturated rings. The third-order valence-electron chi connectivity index (χ3n) is 4.79. The number of fused-ring (bicyclic) bond motifs is 1. The van der Waals surface area contributed by atoms with Crippen LogP contribution in [0.3, 0.4) is 0 Å². The van der Waals surface area contributed by atoms with Gasteiger partial charge < -0.3 is 23.7 Å². The first-order valence-electron chi connectivity index (χ1n) is 10.5. The number of ether oxygens (including phenoxy) is 5. The normalized spacial score (nSPS) is 24.2. The zero-order chi connectivity index (χ0) is 24.8. The molecule has 0 amide bonds. The topological polar surface area (TPSA) is 127 Å². The van der Waals surface area contributed by atoms with Crippen molar-refractivity contribution in [3.05, 3.63) is 36.5 Å². The van der Waals surface area contributed by atoms with Crippen LogP contribution in [0.2, 0.25) is 0 Å². The van der Waals surface area contributed by atoms with Crippen LogP contribution in [0.15, 0.2) is 41.4 Å². The number of thioether (sulfide) groups is 1. The summed E-state index contributed by atoms with van der Waals surface area (Å²) in [5, 5.41) is 0.887. The van der Waals surface area contributed by atoms with E-state index >= 15 is 0 Å². The Morgan fingerprint density at radius 1 is 0.853 bits per heavy atom. The number of hydrogen-bond donors (Lipinski definition) is 0. The van der Waals surface area contributed by atoms with Crippen LogP contribution in [0.1, 0.15) is 27.7 Å². The van der Waals surface area contributed by atoms with Crippen LogP contribution in [0, 0.1) is 0 Å². The zero-order valence-corrected chi connectivity index (χ0v) is 19.9. The number of aromatic nitrogens is 1. The van der Waals surface area contributed by atoms with E-state index < -0.39 is 53.7 Å². The van der Waals surface area contributed by atoms with Gasteiger partial charge in [0.2, 0.25) is 0 Å². The molecule has 0 unspecified atom stereocenters. The molecule has 1 aromatic heterocycles. The second-order valence-electron chi connectivity index (χ2n) is 7.52. The summed E-state index contributed by atoms with van der Waals surface area (Å²) in [7, 11) is 0. The smallest absolute Gasteiger partial charge is 0.303 e. The van der Waals surface area contributed by atoms with E-state index in [9.17, 15) is 19.2 Å². The Balaban J connectivity index is 2.03. The van der Waals surface area contributed by atoms with Crippen molar-refractivity contribution >= 4 is 46.5 Å². The molecule has 0 N–H and O–H groups in total. The Bertz CT molecular complexity index is 1070. The maximum atomic E-state index is 12.0. The summed E-state index contributed by atoms with van der Waals surface area (Å²) in [6.45, 7) is 4.52. The molecule has 34 heavy (non-hydrogen) atoms. The van der Waals surface area contributed by atoms with Gasteiger partial charge in [0.15, 0.2) is 18.3 Å². The summed E-state index contributed by atoms with van der Waals surface area (Å²) in [6.07, 6.45) is -2.88. The first kappa shape index (κ1) is 25.4. The fraction of sp³-hybridized carbons (Fsp3) is 0.435. The van der Waals surface area contributed by atoms with Gasteiger partial charge in [-0.2, -0.15) is 0 Å². The molecular formula is C23H25NO9S. The quantitative estimate of drug-likeness (QED) is 0.418. The summed E-state index contributed by atoms with van der Waals surface area (Å²) in [4.78, 5) is 52.3. The van der Waals surface area contributed by atoms with Crippen molar-refractivity contribution in [3.63, 3.8) is 0 Å². The number of carbonyl (C=O) groups excluding carboxylic acids is 4. The molecule has 5 atom stereocenters. The zero-order valence-electron chi connectivity index (χ0n) is 19.1. The van der Waals surface area contributed by atoms with E-state index in [4.69, 9.17) is 23.7 Å². The van der Waals surface area contributed by atoms with E-state index in [1.807, 2.05) is 30.3 Å². The van der Waals surface area contributed by atoms with E-state index in [1.165, 1.54) is 39.5 Å².